The Morgan fingerprint density at radius 3 is 2.50 bits per heavy atom. The standard InChI is InChI=1S/C28H29F3N6O3/c1-26(7-4-8-26)37(25(39)40)12-17-9-20-21(22(10-17)28(29,30)31)13-36(23(20)38)19-6-3-5-18(11-19)27(14-32-15-27)24-34-33-16-35(24)2/h3,5-6,9-11,16,32H,4,7-8,12-15H2,1-2H3,(H,39,40). The zero-order valence-corrected chi connectivity index (χ0v) is 22.1. The lowest BCUT2D eigenvalue weighted by Crippen LogP contribution is -2.58. The minimum atomic E-state index is -4.71. The molecule has 2 amide bonds. The number of carbonyl (C=O) groups is 2. The van der Waals surface area contributed by atoms with Crippen LogP contribution in [0.3, 0.4) is 0 Å². The molecule has 2 fully saturated rings. The fraction of sp³-hybridized carbons (Fsp3) is 0.429. The lowest BCUT2D eigenvalue weighted by atomic mass is 9.74. The normalized spacial score (nSPS) is 19.1. The van der Waals surface area contributed by atoms with Crippen LogP contribution in [0.4, 0.5) is 23.7 Å². The van der Waals surface area contributed by atoms with Gasteiger partial charge in [0.1, 0.15) is 12.2 Å². The molecule has 2 aromatic carbocycles. The number of nitrogens with zero attached hydrogens (tertiary/aromatic N) is 5. The number of aryl methyl sites for hydroxylation is 1. The Hall–Kier alpha value is -3.93. The summed E-state index contributed by atoms with van der Waals surface area (Å²) in [7, 11) is 1.85. The maximum absolute atomic E-state index is 14.3. The van der Waals surface area contributed by atoms with Crippen molar-refractivity contribution in [2.24, 2.45) is 7.05 Å². The van der Waals surface area contributed by atoms with E-state index in [2.05, 4.69) is 15.5 Å². The summed E-state index contributed by atoms with van der Waals surface area (Å²) in [6, 6.07) is 9.67. The number of aromatic nitrogens is 3. The van der Waals surface area contributed by atoms with Crippen molar-refractivity contribution in [1.29, 1.82) is 0 Å². The maximum atomic E-state index is 14.3. The molecule has 1 saturated heterocycles. The summed E-state index contributed by atoms with van der Waals surface area (Å²) in [5.74, 6) is 0.210. The first kappa shape index (κ1) is 26.3. The highest BCUT2D eigenvalue weighted by molar-refractivity contribution is 6.10. The van der Waals surface area contributed by atoms with Crippen molar-refractivity contribution < 1.29 is 27.9 Å². The number of hydrogen-bond acceptors (Lipinski definition) is 5. The molecule has 6 rings (SSSR count). The number of hydrogen-bond donors (Lipinski definition) is 2. The number of alkyl halides is 3. The van der Waals surface area contributed by atoms with Crippen molar-refractivity contribution in [3.8, 4) is 0 Å². The second kappa shape index (κ2) is 9.05. The van der Waals surface area contributed by atoms with E-state index in [-0.39, 0.29) is 29.8 Å². The molecule has 0 bridgehead atoms. The van der Waals surface area contributed by atoms with Gasteiger partial charge in [-0.15, -0.1) is 10.2 Å². The van der Waals surface area contributed by atoms with Gasteiger partial charge in [0, 0.05) is 43.5 Å². The summed E-state index contributed by atoms with van der Waals surface area (Å²) in [6.45, 7) is 2.56. The minimum Gasteiger partial charge on any atom is -0.465 e. The van der Waals surface area contributed by atoms with Crippen LogP contribution in [-0.2, 0) is 31.7 Å². The maximum Gasteiger partial charge on any atom is 0.416 e. The van der Waals surface area contributed by atoms with E-state index in [1.54, 1.807) is 25.4 Å². The lowest BCUT2D eigenvalue weighted by molar-refractivity contribution is -0.138. The molecule has 1 aliphatic carbocycles. The highest BCUT2D eigenvalue weighted by Gasteiger charge is 2.46. The van der Waals surface area contributed by atoms with Crippen molar-refractivity contribution in [2.45, 2.75) is 56.4 Å². The van der Waals surface area contributed by atoms with Crippen molar-refractivity contribution in [2.75, 3.05) is 18.0 Å². The first-order chi connectivity index (χ1) is 18.9. The first-order valence-corrected chi connectivity index (χ1v) is 13.1. The lowest BCUT2D eigenvalue weighted by Gasteiger charge is -2.46. The van der Waals surface area contributed by atoms with Gasteiger partial charge in [-0.1, -0.05) is 12.1 Å². The molecule has 3 aliphatic rings. The number of benzene rings is 2. The summed E-state index contributed by atoms with van der Waals surface area (Å²) in [5.41, 5.74) is -0.651. The number of amides is 2. The van der Waals surface area contributed by atoms with E-state index in [0.29, 0.717) is 31.6 Å². The molecule has 1 aromatic heterocycles. The predicted molar refractivity (Wildman–Crippen MR) is 139 cm³/mol. The van der Waals surface area contributed by atoms with Gasteiger partial charge in [0.05, 0.1) is 17.5 Å². The summed E-state index contributed by atoms with van der Waals surface area (Å²) in [6.07, 6.45) is -2.13. The van der Waals surface area contributed by atoms with Crippen LogP contribution in [0.25, 0.3) is 0 Å². The molecule has 0 radical (unpaired) electrons. The van der Waals surface area contributed by atoms with Crippen LogP contribution in [-0.4, -0.2) is 55.4 Å². The Labute approximate surface area is 228 Å². The van der Waals surface area contributed by atoms with Crippen LogP contribution in [0.2, 0.25) is 0 Å². The third-order valence-corrected chi connectivity index (χ3v) is 8.76. The van der Waals surface area contributed by atoms with Gasteiger partial charge >= 0.3 is 12.3 Å². The van der Waals surface area contributed by atoms with Crippen molar-refractivity contribution >= 4 is 17.7 Å². The molecule has 3 heterocycles. The second-order valence-corrected chi connectivity index (χ2v) is 11.3. The summed E-state index contributed by atoms with van der Waals surface area (Å²) in [5, 5.41) is 21.4. The van der Waals surface area contributed by atoms with Crippen molar-refractivity contribution in [1.82, 2.24) is 25.0 Å². The molecular formula is C28H29F3N6O3. The van der Waals surface area contributed by atoms with Gasteiger partial charge in [0.15, 0.2) is 0 Å². The van der Waals surface area contributed by atoms with Gasteiger partial charge in [-0.2, -0.15) is 13.2 Å². The van der Waals surface area contributed by atoms with Crippen molar-refractivity contribution in [3.05, 3.63) is 76.4 Å². The first-order valence-electron chi connectivity index (χ1n) is 13.1. The third kappa shape index (κ3) is 4.04. The zero-order chi connectivity index (χ0) is 28.4. The monoisotopic (exact) mass is 554 g/mol. The number of anilines is 1. The Kier molecular flexibility index (Phi) is 5.95. The smallest absolute Gasteiger partial charge is 0.416 e. The number of halogens is 3. The SMILES string of the molecule is Cn1cnnc1C1(c2cccc(N3Cc4c(cc(CN(C(=O)O)C5(C)CCC5)cc4C(F)(F)F)C3=O)c2)CNC1. The number of fused-ring (bicyclic) bond motifs is 1. The molecule has 210 valence electrons. The van der Waals surface area contributed by atoms with E-state index >= 15 is 0 Å². The third-order valence-electron chi connectivity index (χ3n) is 8.76. The number of rotatable bonds is 6. The number of carbonyl (C=O) groups excluding carboxylic acids is 1. The number of carboxylic acid groups (broad SMARTS) is 1. The fourth-order valence-corrected chi connectivity index (χ4v) is 6.21. The van der Waals surface area contributed by atoms with Crippen molar-refractivity contribution in [3.63, 3.8) is 0 Å². The quantitative estimate of drug-likeness (QED) is 0.471. The molecule has 0 unspecified atom stereocenters. The molecular weight excluding hydrogens is 525 g/mol. The van der Waals surface area contributed by atoms with E-state index in [0.717, 1.165) is 23.9 Å². The van der Waals surface area contributed by atoms with Gasteiger partial charge in [0.2, 0.25) is 0 Å². The second-order valence-electron chi connectivity index (χ2n) is 11.3. The molecule has 3 aromatic rings. The summed E-state index contributed by atoms with van der Waals surface area (Å²) in [4.78, 5) is 28.2. The van der Waals surface area contributed by atoms with Crippen LogP contribution in [0.1, 0.15) is 64.6 Å². The molecule has 0 atom stereocenters. The van der Waals surface area contributed by atoms with Crippen LogP contribution >= 0.6 is 0 Å². The van der Waals surface area contributed by atoms with Crippen LogP contribution in [0.15, 0.2) is 42.7 Å². The average Bonchev–Trinajstić information content (AvgIpc) is 3.43. The molecule has 12 heteroatoms. The Morgan fingerprint density at radius 1 is 1.20 bits per heavy atom. The highest BCUT2D eigenvalue weighted by Crippen LogP contribution is 2.43. The topological polar surface area (TPSA) is 104 Å². The molecule has 2 N–H and O–H groups in total. The summed E-state index contributed by atoms with van der Waals surface area (Å²) >= 11 is 0. The predicted octanol–water partition coefficient (Wildman–Crippen LogP) is 4.31. The van der Waals surface area contributed by atoms with E-state index in [4.69, 9.17) is 0 Å². The van der Waals surface area contributed by atoms with Crippen LogP contribution < -0.4 is 10.2 Å². The molecule has 40 heavy (non-hydrogen) atoms. The van der Waals surface area contributed by atoms with Crippen LogP contribution in [0, 0.1) is 0 Å². The van der Waals surface area contributed by atoms with E-state index in [1.807, 2.05) is 23.7 Å². The Balaban J connectivity index is 1.36. The highest BCUT2D eigenvalue weighted by atomic mass is 19.4. The van der Waals surface area contributed by atoms with Gasteiger partial charge in [0.25, 0.3) is 5.91 Å². The van der Waals surface area contributed by atoms with E-state index in [9.17, 15) is 27.9 Å². The van der Waals surface area contributed by atoms with Gasteiger partial charge < -0.3 is 19.9 Å². The van der Waals surface area contributed by atoms with E-state index < -0.39 is 34.7 Å². The van der Waals surface area contributed by atoms with E-state index in [1.165, 1.54) is 15.9 Å². The summed E-state index contributed by atoms with van der Waals surface area (Å²) < 4.78 is 44.7. The molecule has 2 aliphatic heterocycles. The average molecular weight is 555 g/mol. The Bertz CT molecular complexity index is 1510. The van der Waals surface area contributed by atoms with Crippen LogP contribution in [0.5, 0.6) is 0 Å². The Morgan fingerprint density at radius 2 is 1.95 bits per heavy atom. The minimum absolute atomic E-state index is 0.0485. The molecule has 0 spiro atoms. The number of nitrogens with one attached hydrogen (secondary N) is 1. The zero-order valence-electron chi connectivity index (χ0n) is 22.1. The fourth-order valence-electron chi connectivity index (χ4n) is 6.21. The van der Waals surface area contributed by atoms with Gasteiger partial charge in [-0.3, -0.25) is 9.69 Å². The molecule has 9 nitrogen and oxygen atoms in total. The molecule has 1 saturated carbocycles. The van der Waals surface area contributed by atoms with Gasteiger partial charge in [-0.05, 0) is 67.1 Å². The largest absolute Gasteiger partial charge is 0.465 e. The van der Waals surface area contributed by atoms with Gasteiger partial charge in [-0.25, -0.2) is 4.79 Å².